The van der Waals surface area contributed by atoms with Gasteiger partial charge in [0.2, 0.25) is 0 Å². The highest BCUT2D eigenvalue weighted by atomic mass is 16.6. The summed E-state index contributed by atoms with van der Waals surface area (Å²) in [5, 5.41) is 2.46. The molecule has 0 radical (unpaired) electrons. The largest absolute Gasteiger partial charge is 0.464 e. The van der Waals surface area contributed by atoms with Crippen LogP contribution in [0.5, 0.6) is 0 Å². The topological polar surface area (TPSA) is 64.6 Å². The van der Waals surface area contributed by atoms with Gasteiger partial charge in [0, 0.05) is 6.92 Å². The first-order chi connectivity index (χ1) is 6.31. The Hall–Kier alpha value is -1.26. The molecule has 0 fully saturated rings. The first-order valence-corrected chi connectivity index (χ1v) is 4.41. The number of ether oxygens (including phenoxy) is 2. The van der Waals surface area contributed by atoms with E-state index in [4.69, 9.17) is 4.74 Å². The lowest BCUT2D eigenvalue weighted by molar-refractivity contribution is -0.140. The van der Waals surface area contributed by atoms with Gasteiger partial charge in [-0.05, 0) is 20.8 Å². The van der Waals surface area contributed by atoms with E-state index in [2.05, 4.69) is 10.1 Å². The van der Waals surface area contributed by atoms with Crippen molar-refractivity contribution in [1.82, 2.24) is 5.32 Å². The number of esters is 1. The van der Waals surface area contributed by atoms with Crippen LogP contribution in [0.2, 0.25) is 0 Å². The highest BCUT2D eigenvalue weighted by Crippen LogP contribution is 2.05. The average molecular weight is 203 g/mol. The van der Waals surface area contributed by atoms with Crippen molar-refractivity contribution in [3.63, 3.8) is 0 Å². The van der Waals surface area contributed by atoms with Crippen LogP contribution in [-0.2, 0) is 14.3 Å². The Morgan fingerprint density at radius 3 is 2.29 bits per heavy atom. The zero-order valence-corrected chi connectivity index (χ0v) is 9.05. The molecular weight excluding hydrogens is 186 g/mol. The van der Waals surface area contributed by atoms with E-state index in [1.807, 2.05) is 0 Å². The Kier molecular flexibility index (Phi) is 4.97. The second-order valence-electron chi connectivity index (χ2n) is 3.77. The van der Waals surface area contributed by atoms with Gasteiger partial charge in [-0.25, -0.2) is 4.79 Å². The van der Waals surface area contributed by atoms with E-state index in [0.717, 1.165) is 0 Å². The maximum Gasteiger partial charge on any atom is 0.407 e. The maximum atomic E-state index is 11.0. The molecule has 0 rings (SSSR count). The summed E-state index contributed by atoms with van der Waals surface area (Å²) in [4.78, 5) is 21.4. The second kappa shape index (κ2) is 5.47. The van der Waals surface area contributed by atoms with E-state index in [0.29, 0.717) is 0 Å². The van der Waals surface area contributed by atoms with Crippen LogP contribution in [-0.4, -0.2) is 30.8 Å². The molecule has 0 aliphatic heterocycles. The third-order valence-electron chi connectivity index (χ3n) is 1.08. The van der Waals surface area contributed by atoms with E-state index >= 15 is 0 Å². The van der Waals surface area contributed by atoms with Crippen LogP contribution in [0, 0.1) is 0 Å². The summed E-state index contributed by atoms with van der Waals surface area (Å²) < 4.78 is 9.57. The van der Waals surface area contributed by atoms with Gasteiger partial charge in [-0.3, -0.25) is 4.79 Å². The third-order valence-corrected chi connectivity index (χ3v) is 1.08. The fourth-order valence-electron chi connectivity index (χ4n) is 0.662. The molecule has 1 amide bonds. The number of hydrogen-bond acceptors (Lipinski definition) is 4. The molecule has 0 aliphatic carbocycles. The predicted octanol–water partition coefficient (Wildman–Crippen LogP) is 1.07. The monoisotopic (exact) mass is 203 g/mol. The minimum atomic E-state index is -0.510. The molecule has 5 nitrogen and oxygen atoms in total. The molecule has 5 heteroatoms. The molecule has 0 spiro atoms. The van der Waals surface area contributed by atoms with Gasteiger partial charge in [0.15, 0.2) is 0 Å². The van der Waals surface area contributed by atoms with Crippen LogP contribution in [0.15, 0.2) is 0 Å². The van der Waals surface area contributed by atoms with Gasteiger partial charge in [-0.2, -0.15) is 0 Å². The first kappa shape index (κ1) is 12.7. The first-order valence-electron chi connectivity index (χ1n) is 4.41. The van der Waals surface area contributed by atoms with Gasteiger partial charge in [-0.15, -0.1) is 0 Å². The number of carbonyl (C=O) groups is 2. The SMILES string of the molecule is CC(=O)OCCNC(=O)OC(C)(C)C. The summed E-state index contributed by atoms with van der Waals surface area (Å²) in [5.41, 5.74) is -0.508. The Bertz CT molecular complexity index is 207. The van der Waals surface area contributed by atoms with Crippen molar-refractivity contribution < 1.29 is 19.1 Å². The molecule has 14 heavy (non-hydrogen) atoms. The summed E-state index contributed by atoms with van der Waals surface area (Å²) in [6, 6.07) is 0. The zero-order chi connectivity index (χ0) is 11.2. The van der Waals surface area contributed by atoms with Gasteiger partial charge in [0.05, 0.1) is 6.54 Å². The van der Waals surface area contributed by atoms with Crippen LogP contribution in [0.3, 0.4) is 0 Å². The standard InChI is InChI=1S/C9H17NO4/c1-7(11)13-6-5-10-8(12)14-9(2,3)4/h5-6H2,1-4H3,(H,10,12). The lowest BCUT2D eigenvalue weighted by Gasteiger charge is -2.19. The van der Waals surface area contributed by atoms with E-state index in [9.17, 15) is 9.59 Å². The van der Waals surface area contributed by atoms with Crippen molar-refractivity contribution in [3.05, 3.63) is 0 Å². The van der Waals surface area contributed by atoms with E-state index < -0.39 is 11.7 Å². The number of nitrogens with one attached hydrogen (secondary N) is 1. The molecule has 0 unspecified atom stereocenters. The van der Waals surface area contributed by atoms with Gasteiger partial charge in [-0.1, -0.05) is 0 Å². The van der Waals surface area contributed by atoms with E-state index in [-0.39, 0.29) is 19.1 Å². The van der Waals surface area contributed by atoms with Crippen LogP contribution in [0.25, 0.3) is 0 Å². The van der Waals surface area contributed by atoms with Crippen molar-refractivity contribution in [3.8, 4) is 0 Å². The lowest BCUT2D eigenvalue weighted by atomic mass is 10.2. The Morgan fingerprint density at radius 1 is 1.29 bits per heavy atom. The number of carbonyl (C=O) groups excluding carboxylic acids is 2. The Labute approximate surface area is 83.8 Å². The summed E-state index contributed by atoms with van der Waals surface area (Å²) in [6.07, 6.45) is -0.510. The van der Waals surface area contributed by atoms with Crippen LogP contribution < -0.4 is 5.32 Å². The van der Waals surface area contributed by atoms with Gasteiger partial charge in [0.25, 0.3) is 0 Å². The van der Waals surface area contributed by atoms with Gasteiger partial charge in [0.1, 0.15) is 12.2 Å². The quantitative estimate of drug-likeness (QED) is 0.550. The molecule has 0 atom stereocenters. The van der Waals surface area contributed by atoms with Gasteiger partial charge < -0.3 is 14.8 Å². The van der Waals surface area contributed by atoms with Crippen molar-refractivity contribution in [1.29, 1.82) is 0 Å². The zero-order valence-electron chi connectivity index (χ0n) is 9.05. The molecule has 0 saturated carbocycles. The molecular formula is C9H17NO4. The van der Waals surface area contributed by atoms with Crippen molar-refractivity contribution in [2.45, 2.75) is 33.3 Å². The molecule has 1 N–H and O–H groups in total. The highest BCUT2D eigenvalue weighted by Gasteiger charge is 2.15. The maximum absolute atomic E-state index is 11.0. The van der Waals surface area contributed by atoms with Crippen LogP contribution >= 0.6 is 0 Å². The van der Waals surface area contributed by atoms with E-state index in [1.54, 1.807) is 20.8 Å². The highest BCUT2D eigenvalue weighted by molar-refractivity contribution is 5.68. The Balaban J connectivity index is 3.50. The molecule has 0 heterocycles. The lowest BCUT2D eigenvalue weighted by Crippen LogP contribution is -2.34. The molecule has 82 valence electrons. The molecule has 0 bridgehead atoms. The van der Waals surface area contributed by atoms with Crippen LogP contribution in [0.1, 0.15) is 27.7 Å². The summed E-state index contributed by atoms with van der Waals surface area (Å²) in [6.45, 7) is 7.06. The number of amides is 1. The van der Waals surface area contributed by atoms with Crippen molar-refractivity contribution in [2.75, 3.05) is 13.2 Å². The van der Waals surface area contributed by atoms with Gasteiger partial charge >= 0.3 is 12.1 Å². The number of hydrogen-bond donors (Lipinski definition) is 1. The average Bonchev–Trinajstić information content (AvgIpc) is 1.94. The fourth-order valence-corrected chi connectivity index (χ4v) is 0.662. The summed E-state index contributed by atoms with van der Waals surface area (Å²) in [5.74, 6) is -0.365. The Morgan fingerprint density at radius 2 is 1.86 bits per heavy atom. The second-order valence-corrected chi connectivity index (χ2v) is 3.77. The smallest absolute Gasteiger partial charge is 0.407 e. The predicted molar refractivity (Wildman–Crippen MR) is 50.9 cm³/mol. The minimum Gasteiger partial charge on any atom is -0.464 e. The van der Waals surface area contributed by atoms with Crippen molar-refractivity contribution in [2.24, 2.45) is 0 Å². The summed E-state index contributed by atoms with van der Waals surface area (Å²) >= 11 is 0. The fraction of sp³-hybridized carbons (Fsp3) is 0.778. The normalized spacial score (nSPS) is 10.6. The molecule has 0 saturated heterocycles. The third kappa shape index (κ3) is 8.83. The minimum absolute atomic E-state index is 0.161. The molecule has 0 aromatic carbocycles. The van der Waals surface area contributed by atoms with E-state index in [1.165, 1.54) is 6.92 Å². The molecule has 0 aromatic rings. The molecule has 0 aliphatic rings. The number of alkyl carbamates (subject to hydrolysis) is 1. The van der Waals surface area contributed by atoms with Crippen molar-refractivity contribution >= 4 is 12.1 Å². The molecule has 0 aromatic heterocycles. The summed E-state index contributed by atoms with van der Waals surface area (Å²) in [7, 11) is 0. The number of rotatable bonds is 3. The van der Waals surface area contributed by atoms with Crippen LogP contribution in [0.4, 0.5) is 4.79 Å².